The van der Waals surface area contributed by atoms with Crippen molar-refractivity contribution in [3.8, 4) is 5.75 Å². The lowest BCUT2D eigenvalue weighted by atomic mass is 10.1. The van der Waals surface area contributed by atoms with Gasteiger partial charge < -0.3 is 4.74 Å². The predicted molar refractivity (Wildman–Crippen MR) is 76.5 cm³/mol. The molecule has 1 N–H and O–H groups in total. The summed E-state index contributed by atoms with van der Waals surface area (Å²) in [6.45, 7) is 4.33. The molecule has 1 aromatic carbocycles. The van der Waals surface area contributed by atoms with E-state index in [1.165, 1.54) is 14.1 Å². The smallest absolute Gasteiger partial charge is 0.278 e. The highest BCUT2D eigenvalue weighted by Crippen LogP contribution is 2.13. The van der Waals surface area contributed by atoms with Crippen LogP contribution in [0.2, 0.25) is 0 Å². The van der Waals surface area contributed by atoms with Gasteiger partial charge >= 0.3 is 0 Å². The van der Waals surface area contributed by atoms with Crippen molar-refractivity contribution >= 4 is 10.2 Å². The van der Waals surface area contributed by atoms with E-state index in [9.17, 15) is 8.42 Å². The van der Waals surface area contributed by atoms with Gasteiger partial charge in [-0.05, 0) is 38.0 Å². The summed E-state index contributed by atoms with van der Waals surface area (Å²) in [5, 5.41) is 0. The molecule has 108 valence electrons. The van der Waals surface area contributed by atoms with Gasteiger partial charge in [-0.2, -0.15) is 12.7 Å². The summed E-state index contributed by atoms with van der Waals surface area (Å²) in [6, 6.07) is 7.69. The topological polar surface area (TPSA) is 58.6 Å². The lowest BCUT2D eigenvalue weighted by molar-refractivity contribution is 0.242. The molecule has 0 heterocycles. The number of hydrogen-bond acceptors (Lipinski definition) is 3. The zero-order chi connectivity index (χ0) is 14.5. The number of nitrogens with one attached hydrogen (secondary N) is 1. The van der Waals surface area contributed by atoms with Crippen molar-refractivity contribution in [1.82, 2.24) is 9.03 Å². The minimum Gasteiger partial charge on any atom is -0.491 e. The number of ether oxygens (including phenoxy) is 1. The van der Waals surface area contributed by atoms with Crippen molar-refractivity contribution in [3.63, 3.8) is 0 Å². The monoisotopic (exact) mass is 286 g/mol. The van der Waals surface area contributed by atoms with E-state index in [4.69, 9.17) is 4.74 Å². The molecular formula is C13H22N2O3S. The SMILES string of the molecule is CC(C)Oc1ccc(CCNS(=O)(=O)N(C)C)cc1. The van der Waals surface area contributed by atoms with Crippen LogP contribution in [0.15, 0.2) is 24.3 Å². The molecule has 0 bridgehead atoms. The van der Waals surface area contributed by atoms with Gasteiger partial charge in [0.05, 0.1) is 6.10 Å². The van der Waals surface area contributed by atoms with E-state index in [1.807, 2.05) is 38.1 Å². The summed E-state index contributed by atoms with van der Waals surface area (Å²) >= 11 is 0. The molecule has 0 amide bonds. The Labute approximate surface area is 115 Å². The van der Waals surface area contributed by atoms with Crippen molar-refractivity contribution in [2.75, 3.05) is 20.6 Å². The summed E-state index contributed by atoms with van der Waals surface area (Å²) in [7, 11) is -0.333. The van der Waals surface area contributed by atoms with Crippen LogP contribution in [0.5, 0.6) is 5.75 Å². The Morgan fingerprint density at radius 1 is 1.21 bits per heavy atom. The molecule has 0 atom stereocenters. The molecule has 0 fully saturated rings. The summed E-state index contributed by atoms with van der Waals surface area (Å²) in [6.07, 6.45) is 0.799. The third kappa shape index (κ3) is 5.59. The van der Waals surface area contributed by atoms with Gasteiger partial charge in [0.1, 0.15) is 5.75 Å². The first-order valence-electron chi connectivity index (χ1n) is 6.24. The fourth-order valence-electron chi connectivity index (χ4n) is 1.46. The Bertz CT molecular complexity index is 481. The van der Waals surface area contributed by atoms with Gasteiger partial charge in [0.25, 0.3) is 10.2 Å². The average molecular weight is 286 g/mol. The maximum atomic E-state index is 11.5. The average Bonchev–Trinajstić information content (AvgIpc) is 2.30. The highest BCUT2D eigenvalue weighted by molar-refractivity contribution is 7.87. The second-order valence-electron chi connectivity index (χ2n) is 4.74. The van der Waals surface area contributed by atoms with Gasteiger partial charge in [0, 0.05) is 20.6 Å². The maximum absolute atomic E-state index is 11.5. The molecule has 0 saturated heterocycles. The lowest BCUT2D eigenvalue weighted by Gasteiger charge is -2.12. The van der Waals surface area contributed by atoms with Gasteiger partial charge in [-0.1, -0.05) is 12.1 Å². The van der Waals surface area contributed by atoms with Crippen molar-refractivity contribution in [2.45, 2.75) is 26.4 Å². The molecule has 0 unspecified atom stereocenters. The van der Waals surface area contributed by atoms with Crippen molar-refractivity contribution in [1.29, 1.82) is 0 Å². The summed E-state index contributed by atoms with van der Waals surface area (Å²) < 4.78 is 32.2. The molecule has 0 spiro atoms. The van der Waals surface area contributed by atoms with Crippen LogP contribution in [-0.4, -0.2) is 39.5 Å². The fraction of sp³-hybridized carbons (Fsp3) is 0.538. The number of benzene rings is 1. The van der Waals surface area contributed by atoms with E-state index in [0.717, 1.165) is 15.6 Å². The third-order valence-electron chi connectivity index (χ3n) is 2.47. The maximum Gasteiger partial charge on any atom is 0.278 e. The molecule has 0 radical (unpaired) electrons. The molecule has 0 aromatic heterocycles. The second kappa shape index (κ2) is 6.88. The molecule has 0 aliphatic heterocycles. The van der Waals surface area contributed by atoms with Gasteiger partial charge in [-0.25, -0.2) is 4.72 Å². The highest BCUT2D eigenvalue weighted by Gasteiger charge is 2.11. The number of rotatable bonds is 7. The minimum atomic E-state index is -3.33. The van der Waals surface area contributed by atoms with Gasteiger partial charge in [0.2, 0.25) is 0 Å². The van der Waals surface area contributed by atoms with Crippen LogP contribution in [0.25, 0.3) is 0 Å². The second-order valence-corrected chi connectivity index (χ2v) is 6.71. The van der Waals surface area contributed by atoms with Crippen LogP contribution < -0.4 is 9.46 Å². The lowest BCUT2D eigenvalue weighted by Crippen LogP contribution is -2.36. The Kier molecular flexibility index (Phi) is 5.78. The van der Waals surface area contributed by atoms with Crippen LogP contribution in [-0.2, 0) is 16.6 Å². The zero-order valence-electron chi connectivity index (χ0n) is 11.9. The Hall–Kier alpha value is -1.11. The molecule has 1 aromatic rings. The van der Waals surface area contributed by atoms with Crippen molar-refractivity contribution < 1.29 is 13.2 Å². The van der Waals surface area contributed by atoms with E-state index in [2.05, 4.69) is 4.72 Å². The highest BCUT2D eigenvalue weighted by atomic mass is 32.2. The summed E-state index contributed by atoms with van der Waals surface area (Å²) in [5.74, 6) is 0.827. The summed E-state index contributed by atoms with van der Waals surface area (Å²) in [4.78, 5) is 0. The van der Waals surface area contributed by atoms with Crippen LogP contribution in [0.4, 0.5) is 0 Å². The van der Waals surface area contributed by atoms with E-state index >= 15 is 0 Å². The Morgan fingerprint density at radius 3 is 2.26 bits per heavy atom. The number of nitrogens with zero attached hydrogens (tertiary/aromatic N) is 1. The molecule has 19 heavy (non-hydrogen) atoms. The van der Waals surface area contributed by atoms with Crippen LogP contribution >= 0.6 is 0 Å². The van der Waals surface area contributed by atoms with E-state index in [0.29, 0.717) is 13.0 Å². The van der Waals surface area contributed by atoms with Gasteiger partial charge in [-0.15, -0.1) is 0 Å². The van der Waals surface area contributed by atoms with E-state index in [1.54, 1.807) is 0 Å². The molecule has 0 aliphatic rings. The van der Waals surface area contributed by atoms with Crippen molar-refractivity contribution in [3.05, 3.63) is 29.8 Å². The van der Waals surface area contributed by atoms with E-state index < -0.39 is 10.2 Å². The Balaban J connectivity index is 2.47. The molecule has 5 nitrogen and oxygen atoms in total. The molecule has 0 aliphatic carbocycles. The molecule has 6 heteroatoms. The summed E-state index contributed by atoms with van der Waals surface area (Å²) in [5.41, 5.74) is 1.07. The van der Waals surface area contributed by atoms with Gasteiger partial charge in [0.15, 0.2) is 0 Å². The molecule has 0 saturated carbocycles. The van der Waals surface area contributed by atoms with Gasteiger partial charge in [-0.3, -0.25) is 0 Å². The van der Waals surface area contributed by atoms with Crippen molar-refractivity contribution in [2.24, 2.45) is 0 Å². The number of hydrogen-bond donors (Lipinski definition) is 1. The zero-order valence-corrected chi connectivity index (χ0v) is 12.7. The molecular weight excluding hydrogens is 264 g/mol. The predicted octanol–water partition coefficient (Wildman–Crippen LogP) is 1.41. The quantitative estimate of drug-likeness (QED) is 0.824. The largest absolute Gasteiger partial charge is 0.491 e. The fourth-order valence-corrected chi connectivity index (χ4v) is 2.08. The first kappa shape index (κ1) is 15.9. The van der Waals surface area contributed by atoms with Crippen LogP contribution in [0, 0.1) is 0 Å². The van der Waals surface area contributed by atoms with E-state index in [-0.39, 0.29) is 6.10 Å². The first-order valence-corrected chi connectivity index (χ1v) is 7.68. The normalized spacial score (nSPS) is 12.1. The Morgan fingerprint density at radius 2 is 1.79 bits per heavy atom. The standard InChI is InChI=1S/C13H22N2O3S/c1-11(2)18-13-7-5-12(6-8-13)9-10-14-19(16,17)15(3)4/h5-8,11,14H,9-10H2,1-4H3. The minimum absolute atomic E-state index is 0.151. The van der Waals surface area contributed by atoms with Crippen LogP contribution in [0.3, 0.4) is 0 Å². The third-order valence-corrected chi connectivity index (χ3v) is 4.00. The van der Waals surface area contributed by atoms with Crippen LogP contribution in [0.1, 0.15) is 19.4 Å². The molecule has 1 rings (SSSR count). The first-order chi connectivity index (χ1) is 8.81.